The zero-order valence-electron chi connectivity index (χ0n) is 9.08. The van der Waals surface area contributed by atoms with Gasteiger partial charge in [0.05, 0.1) is 12.2 Å². The first-order valence-corrected chi connectivity index (χ1v) is 6.62. The van der Waals surface area contributed by atoms with Crippen molar-refractivity contribution in [3.05, 3.63) is 29.3 Å². The minimum atomic E-state index is 0.170. The maximum atomic E-state index is 5.39. The monoisotopic (exact) mass is 220 g/mol. The average Bonchev–Trinajstić information content (AvgIpc) is 2.80. The van der Waals surface area contributed by atoms with E-state index in [9.17, 15) is 0 Å². The van der Waals surface area contributed by atoms with Crippen molar-refractivity contribution in [1.29, 1.82) is 0 Å². The Morgan fingerprint density at radius 3 is 2.93 bits per heavy atom. The van der Waals surface area contributed by atoms with Crippen LogP contribution < -0.4 is 0 Å². The van der Waals surface area contributed by atoms with Gasteiger partial charge in [-0.25, -0.2) is 0 Å². The number of thioether (sulfide) groups is 1. The SMILES string of the molecule is CC1(CSc2ccc3c(c2)CCC3)CO1. The highest BCUT2D eigenvalue weighted by molar-refractivity contribution is 7.99. The highest BCUT2D eigenvalue weighted by atomic mass is 32.2. The van der Waals surface area contributed by atoms with Gasteiger partial charge < -0.3 is 4.74 Å². The molecule has 1 aliphatic carbocycles. The Morgan fingerprint density at radius 2 is 2.13 bits per heavy atom. The van der Waals surface area contributed by atoms with E-state index in [-0.39, 0.29) is 5.60 Å². The van der Waals surface area contributed by atoms with Gasteiger partial charge in [0, 0.05) is 10.6 Å². The molecule has 15 heavy (non-hydrogen) atoms. The minimum absolute atomic E-state index is 0.170. The zero-order chi connectivity index (χ0) is 10.3. The summed E-state index contributed by atoms with van der Waals surface area (Å²) in [5.41, 5.74) is 3.30. The van der Waals surface area contributed by atoms with Gasteiger partial charge in [0.2, 0.25) is 0 Å². The lowest BCUT2D eigenvalue weighted by Gasteiger charge is -2.06. The highest BCUT2D eigenvalue weighted by Crippen LogP contribution is 2.34. The summed E-state index contributed by atoms with van der Waals surface area (Å²) in [4.78, 5) is 1.41. The first kappa shape index (κ1) is 9.73. The molecule has 0 radical (unpaired) electrons. The molecule has 1 aromatic rings. The van der Waals surface area contributed by atoms with Crippen molar-refractivity contribution in [3.63, 3.8) is 0 Å². The number of fused-ring (bicyclic) bond motifs is 1. The number of hydrogen-bond acceptors (Lipinski definition) is 2. The maximum Gasteiger partial charge on any atom is 0.0981 e. The van der Waals surface area contributed by atoms with Gasteiger partial charge in [0.15, 0.2) is 0 Å². The topological polar surface area (TPSA) is 12.5 Å². The number of rotatable bonds is 3. The lowest BCUT2D eigenvalue weighted by atomic mass is 10.1. The molecule has 2 heteroatoms. The van der Waals surface area contributed by atoms with E-state index in [1.807, 2.05) is 11.8 Å². The molecule has 1 aromatic carbocycles. The van der Waals surface area contributed by atoms with E-state index in [1.165, 1.54) is 24.2 Å². The van der Waals surface area contributed by atoms with Gasteiger partial charge >= 0.3 is 0 Å². The Hall–Kier alpha value is -0.470. The Morgan fingerprint density at radius 1 is 1.33 bits per heavy atom. The number of ether oxygens (including phenoxy) is 1. The molecule has 1 nitrogen and oxygen atoms in total. The third kappa shape index (κ3) is 2.06. The van der Waals surface area contributed by atoms with E-state index in [1.54, 1.807) is 11.1 Å². The summed E-state index contributed by atoms with van der Waals surface area (Å²) in [6.45, 7) is 3.12. The van der Waals surface area contributed by atoms with Crippen LogP contribution in [0, 0.1) is 0 Å². The summed E-state index contributed by atoms with van der Waals surface area (Å²) < 4.78 is 5.39. The molecule has 0 aromatic heterocycles. The lowest BCUT2D eigenvalue weighted by Crippen LogP contribution is -2.07. The molecule has 0 amide bonds. The zero-order valence-corrected chi connectivity index (χ0v) is 9.90. The summed E-state index contributed by atoms with van der Waals surface area (Å²) in [6.07, 6.45) is 3.89. The van der Waals surface area contributed by atoms with Crippen LogP contribution in [0.1, 0.15) is 24.5 Å². The number of epoxide rings is 1. The molecule has 0 saturated carbocycles. The van der Waals surface area contributed by atoms with Crippen molar-refractivity contribution in [2.24, 2.45) is 0 Å². The summed E-state index contributed by atoms with van der Waals surface area (Å²) in [7, 11) is 0. The molecular formula is C13H16OS. The van der Waals surface area contributed by atoms with Crippen LogP contribution in [-0.4, -0.2) is 18.0 Å². The Kier molecular flexibility index (Phi) is 2.29. The Labute approximate surface area is 95.2 Å². The number of aryl methyl sites for hydroxylation is 2. The molecule has 0 N–H and O–H groups in total. The molecule has 0 bridgehead atoms. The van der Waals surface area contributed by atoms with Crippen LogP contribution in [0.4, 0.5) is 0 Å². The van der Waals surface area contributed by atoms with Gasteiger partial charge in [-0.05, 0) is 49.4 Å². The fourth-order valence-corrected chi connectivity index (χ4v) is 3.11. The molecule has 1 fully saturated rings. The van der Waals surface area contributed by atoms with Gasteiger partial charge in [-0.1, -0.05) is 6.07 Å². The molecule has 2 aliphatic rings. The molecule has 1 heterocycles. The molecule has 1 saturated heterocycles. The second-order valence-corrected chi connectivity index (χ2v) is 5.86. The van der Waals surface area contributed by atoms with Crippen LogP contribution in [0.5, 0.6) is 0 Å². The molecule has 1 aliphatic heterocycles. The molecule has 3 rings (SSSR count). The fourth-order valence-electron chi connectivity index (χ4n) is 2.08. The minimum Gasteiger partial charge on any atom is -0.369 e. The van der Waals surface area contributed by atoms with Crippen LogP contribution in [-0.2, 0) is 17.6 Å². The molecule has 80 valence electrons. The molecular weight excluding hydrogens is 204 g/mol. The Bertz CT molecular complexity index is 382. The predicted molar refractivity (Wildman–Crippen MR) is 63.5 cm³/mol. The standard InChI is InChI=1S/C13H16OS/c1-13(8-14-13)9-15-12-6-5-10-3-2-4-11(10)7-12/h5-7H,2-4,8-9H2,1H3. The van der Waals surface area contributed by atoms with Gasteiger partial charge in [0.25, 0.3) is 0 Å². The fraction of sp³-hybridized carbons (Fsp3) is 0.538. The van der Waals surface area contributed by atoms with Gasteiger partial charge in [0.1, 0.15) is 0 Å². The van der Waals surface area contributed by atoms with Crippen molar-refractivity contribution >= 4 is 11.8 Å². The van der Waals surface area contributed by atoms with E-state index >= 15 is 0 Å². The Balaban J connectivity index is 1.70. The normalized spacial score (nSPS) is 27.8. The molecule has 1 unspecified atom stereocenters. The van der Waals surface area contributed by atoms with Crippen molar-refractivity contribution in [2.45, 2.75) is 36.7 Å². The van der Waals surface area contributed by atoms with E-state index < -0.39 is 0 Å². The van der Waals surface area contributed by atoms with Crippen LogP contribution in [0.2, 0.25) is 0 Å². The first-order valence-electron chi connectivity index (χ1n) is 5.64. The van der Waals surface area contributed by atoms with Crippen LogP contribution >= 0.6 is 11.8 Å². The second kappa shape index (κ2) is 3.53. The van der Waals surface area contributed by atoms with E-state index in [0.29, 0.717) is 0 Å². The van der Waals surface area contributed by atoms with Gasteiger partial charge in [-0.15, -0.1) is 11.8 Å². The number of hydrogen-bond donors (Lipinski definition) is 0. The number of benzene rings is 1. The van der Waals surface area contributed by atoms with E-state index in [4.69, 9.17) is 4.74 Å². The summed E-state index contributed by atoms with van der Waals surface area (Å²) in [6, 6.07) is 6.94. The van der Waals surface area contributed by atoms with Crippen LogP contribution in [0.3, 0.4) is 0 Å². The molecule has 1 atom stereocenters. The quantitative estimate of drug-likeness (QED) is 0.573. The molecule has 0 spiro atoms. The van der Waals surface area contributed by atoms with Gasteiger partial charge in [-0.2, -0.15) is 0 Å². The van der Waals surface area contributed by atoms with Crippen molar-refractivity contribution in [2.75, 3.05) is 12.4 Å². The van der Waals surface area contributed by atoms with Crippen LogP contribution in [0.25, 0.3) is 0 Å². The average molecular weight is 220 g/mol. The summed E-state index contributed by atoms with van der Waals surface area (Å²) in [5, 5.41) is 0. The van der Waals surface area contributed by atoms with E-state index in [2.05, 4.69) is 25.1 Å². The third-order valence-corrected chi connectivity index (χ3v) is 4.59. The highest BCUT2D eigenvalue weighted by Gasteiger charge is 2.38. The lowest BCUT2D eigenvalue weighted by molar-refractivity contribution is 0.348. The second-order valence-electron chi connectivity index (χ2n) is 4.81. The predicted octanol–water partition coefficient (Wildman–Crippen LogP) is 3.06. The maximum absolute atomic E-state index is 5.39. The van der Waals surface area contributed by atoms with Crippen molar-refractivity contribution in [1.82, 2.24) is 0 Å². The van der Waals surface area contributed by atoms with Gasteiger partial charge in [-0.3, -0.25) is 0 Å². The largest absolute Gasteiger partial charge is 0.369 e. The van der Waals surface area contributed by atoms with Crippen LogP contribution in [0.15, 0.2) is 23.1 Å². The van der Waals surface area contributed by atoms with E-state index in [0.717, 1.165) is 12.4 Å². The summed E-state index contributed by atoms with van der Waals surface area (Å²) >= 11 is 1.93. The summed E-state index contributed by atoms with van der Waals surface area (Å²) in [5.74, 6) is 1.09. The third-order valence-electron chi connectivity index (χ3n) is 3.25. The smallest absolute Gasteiger partial charge is 0.0981 e. The first-order chi connectivity index (χ1) is 7.25. The van der Waals surface area contributed by atoms with Crippen molar-refractivity contribution < 1.29 is 4.74 Å². The van der Waals surface area contributed by atoms with Crippen molar-refractivity contribution in [3.8, 4) is 0 Å².